The molecule has 1 atom stereocenters. The van der Waals surface area contributed by atoms with Crippen LogP contribution in [-0.4, -0.2) is 34.9 Å². The van der Waals surface area contributed by atoms with E-state index in [4.69, 9.17) is 0 Å². The number of nitro groups is 1. The summed E-state index contributed by atoms with van der Waals surface area (Å²) < 4.78 is 0.620. The summed E-state index contributed by atoms with van der Waals surface area (Å²) >= 11 is 4.98. The van der Waals surface area contributed by atoms with E-state index >= 15 is 0 Å². The number of halogens is 1. The summed E-state index contributed by atoms with van der Waals surface area (Å²) in [4.78, 5) is 22.2. The van der Waals surface area contributed by atoms with Gasteiger partial charge in [-0.3, -0.25) is 14.9 Å². The van der Waals surface area contributed by atoms with Crippen molar-refractivity contribution in [3.63, 3.8) is 0 Å². The lowest BCUT2D eigenvalue weighted by Crippen LogP contribution is -2.46. The number of hydrogen-bond acceptors (Lipinski definition) is 5. The van der Waals surface area contributed by atoms with Crippen LogP contribution in [0.3, 0.4) is 0 Å². The van der Waals surface area contributed by atoms with Crippen molar-refractivity contribution in [3.8, 4) is 0 Å². The Bertz CT molecular complexity index is 506. The second kappa shape index (κ2) is 6.36. The van der Waals surface area contributed by atoms with Gasteiger partial charge in [0.15, 0.2) is 0 Å². The van der Waals surface area contributed by atoms with Gasteiger partial charge in [0.2, 0.25) is 5.91 Å². The monoisotopic (exact) mass is 345 g/mol. The highest BCUT2D eigenvalue weighted by molar-refractivity contribution is 9.10. The lowest BCUT2D eigenvalue weighted by Gasteiger charge is -2.22. The van der Waals surface area contributed by atoms with Gasteiger partial charge in [-0.1, -0.05) is 0 Å². The maximum atomic E-state index is 12.0. The third-order valence-corrected chi connectivity index (χ3v) is 4.41. The van der Waals surface area contributed by atoms with Crippen LogP contribution in [0.1, 0.15) is 0 Å². The number of nitrogens with zero attached hydrogens (tertiary/aromatic N) is 1. The van der Waals surface area contributed by atoms with Gasteiger partial charge in [0.25, 0.3) is 5.69 Å². The number of rotatable bonds is 3. The number of benzene rings is 1. The molecule has 1 aromatic carbocycles. The van der Waals surface area contributed by atoms with Crippen LogP contribution in [0.25, 0.3) is 0 Å². The molecule has 1 aliphatic heterocycles. The fraction of sp³-hybridized carbons (Fsp3) is 0.364. The van der Waals surface area contributed by atoms with Gasteiger partial charge >= 0.3 is 0 Å². The molecule has 1 unspecified atom stereocenters. The Morgan fingerprint density at radius 2 is 2.37 bits per heavy atom. The minimum absolute atomic E-state index is 0.0514. The molecule has 19 heavy (non-hydrogen) atoms. The van der Waals surface area contributed by atoms with Gasteiger partial charge in [-0.25, -0.2) is 0 Å². The molecule has 2 N–H and O–H groups in total. The Kier molecular flexibility index (Phi) is 4.78. The Morgan fingerprint density at radius 1 is 1.58 bits per heavy atom. The molecular weight excluding hydrogens is 334 g/mol. The lowest BCUT2D eigenvalue weighted by molar-refractivity contribution is -0.384. The highest BCUT2D eigenvalue weighted by Crippen LogP contribution is 2.27. The molecule has 2 rings (SSSR count). The van der Waals surface area contributed by atoms with E-state index in [0.717, 1.165) is 12.3 Å². The molecule has 1 saturated heterocycles. The first-order valence-electron chi connectivity index (χ1n) is 5.64. The van der Waals surface area contributed by atoms with Gasteiger partial charge in [-0.15, -0.1) is 0 Å². The third kappa shape index (κ3) is 3.68. The molecule has 1 amide bonds. The van der Waals surface area contributed by atoms with Crippen molar-refractivity contribution < 1.29 is 9.72 Å². The topological polar surface area (TPSA) is 84.3 Å². The van der Waals surface area contributed by atoms with Crippen molar-refractivity contribution >= 4 is 45.0 Å². The van der Waals surface area contributed by atoms with Crippen molar-refractivity contribution in [2.75, 3.05) is 23.4 Å². The average Bonchev–Trinajstić information content (AvgIpc) is 2.42. The SMILES string of the molecule is O=C(Nc1cc([N+](=O)[O-])ccc1Br)C1CSCCN1. The highest BCUT2D eigenvalue weighted by Gasteiger charge is 2.22. The second-order valence-electron chi connectivity index (χ2n) is 3.99. The van der Waals surface area contributed by atoms with Crippen molar-refractivity contribution in [1.29, 1.82) is 0 Å². The number of anilines is 1. The summed E-state index contributed by atoms with van der Waals surface area (Å²) in [5.41, 5.74) is 0.362. The first-order chi connectivity index (χ1) is 9.08. The summed E-state index contributed by atoms with van der Waals surface area (Å²) in [5, 5.41) is 16.5. The predicted molar refractivity (Wildman–Crippen MR) is 78.5 cm³/mol. The molecular formula is C11H12BrN3O3S. The number of nitrogens with one attached hydrogen (secondary N) is 2. The quantitative estimate of drug-likeness (QED) is 0.646. The third-order valence-electron chi connectivity index (χ3n) is 2.66. The molecule has 102 valence electrons. The van der Waals surface area contributed by atoms with E-state index in [9.17, 15) is 14.9 Å². The van der Waals surface area contributed by atoms with E-state index in [0.29, 0.717) is 15.9 Å². The minimum Gasteiger partial charge on any atom is -0.323 e. The number of nitro benzene ring substituents is 1. The normalized spacial score (nSPS) is 18.9. The molecule has 0 saturated carbocycles. The number of carbonyl (C=O) groups excluding carboxylic acids is 1. The van der Waals surface area contributed by atoms with E-state index in [2.05, 4.69) is 26.6 Å². The predicted octanol–water partition coefficient (Wildman–Crippen LogP) is 2.00. The largest absolute Gasteiger partial charge is 0.323 e. The fourth-order valence-corrected chi connectivity index (χ4v) is 2.96. The van der Waals surface area contributed by atoms with Gasteiger partial charge < -0.3 is 10.6 Å². The zero-order valence-corrected chi connectivity index (χ0v) is 12.3. The number of amides is 1. The van der Waals surface area contributed by atoms with E-state index in [1.54, 1.807) is 17.8 Å². The van der Waals surface area contributed by atoms with Gasteiger partial charge in [0.05, 0.1) is 16.7 Å². The van der Waals surface area contributed by atoms with Crippen LogP contribution in [0.15, 0.2) is 22.7 Å². The average molecular weight is 346 g/mol. The zero-order chi connectivity index (χ0) is 13.8. The minimum atomic E-state index is -0.489. The van der Waals surface area contributed by atoms with Crippen molar-refractivity contribution in [2.24, 2.45) is 0 Å². The molecule has 1 aliphatic rings. The van der Waals surface area contributed by atoms with Crippen LogP contribution >= 0.6 is 27.7 Å². The molecule has 0 aliphatic carbocycles. The van der Waals surface area contributed by atoms with Crippen molar-refractivity contribution in [1.82, 2.24) is 5.32 Å². The van der Waals surface area contributed by atoms with E-state index < -0.39 is 4.92 Å². The van der Waals surface area contributed by atoms with E-state index in [-0.39, 0.29) is 17.6 Å². The molecule has 1 fully saturated rings. The van der Waals surface area contributed by atoms with Crippen LogP contribution < -0.4 is 10.6 Å². The zero-order valence-electron chi connectivity index (χ0n) is 9.89. The highest BCUT2D eigenvalue weighted by atomic mass is 79.9. The number of carbonyl (C=O) groups is 1. The summed E-state index contributed by atoms with van der Waals surface area (Å²) in [6, 6.07) is 4.02. The van der Waals surface area contributed by atoms with Gasteiger partial charge in [0.1, 0.15) is 0 Å². The van der Waals surface area contributed by atoms with Crippen LogP contribution in [0.5, 0.6) is 0 Å². The smallest absolute Gasteiger partial charge is 0.271 e. The van der Waals surface area contributed by atoms with E-state index in [1.165, 1.54) is 12.1 Å². The molecule has 0 bridgehead atoms. The van der Waals surface area contributed by atoms with Crippen LogP contribution in [0.2, 0.25) is 0 Å². The van der Waals surface area contributed by atoms with Gasteiger partial charge in [0, 0.05) is 34.7 Å². The fourth-order valence-electron chi connectivity index (χ4n) is 1.68. The summed E-state index contributed by atoms with van der Waals surface area (Å²) in [6.07, 6.45) is 0. The molecule has 0 radical (unpaired) electrons. The molecule has 6 nitrogen and oxygen atoms in total. The summed E-state index contributed by atoms with van der Waals surface area (Å²) in [7, 11) is 0. The summed E-state index contributed by atoms with van der Waals surface area (Å²) in [6.45, 7) is 0.791. The van der Waals surface area contributed by atoms with Crippen molar-refractivity contribution in [2.45, 2.75) is 6.04 Å². The standard InChI is InChI=1S/C11H12BrN3O3S/c12-8-2-1-7(15(17)18)5-9(8)14-11(16)10-6-19-4-3-13-10/h1-2,5,10,13H,3-4,6H2,(H,14,16). The second-order valence-corrected chi connectivity index (χ2v) is 6.00. The Hall–Kier alpha value is -1.12. The Labute approximate surface area is 122 Å². The Morgan fingerprint density at radius 3 is 3.00 bits per heavy atom. The first-order valence-corrected chi connectivity index (χ1v) is 7.58. The van der Waals surface area contributed by atoms with E-state index in [1.807, 2.05) is 0 Å². The van der Waals surface area contributed by atoms with Crippen LogP contribution in [0.4, 0.5) is 11.4 Å². The lowest BCUT2D eigenvalue weighted by atomic mass is 10.2. The van der Waals surface area contributed by atoms with Gasteiger partial charge in [-0.05, 0) is 22.0 Å². The maximum absolute atomic E-state index is 12.0. The molecule has 1 aromatic rings. The number of thioether (sulfide) groups is 1. The van der Waals surface area contributed by atoms with Gasteiger partial charge in [-0.2, -0.15) is 11.8 Å². The molecule has 0 aromatic heterocycles. The number of non-ortho nitro benzene ring substituents is 1. The maximum Gasteiger partial charge on any atom is 0.271 e. The molecule has 0 spiro atoms. The van der Waals surface area contributed by atoms with Crippen molar-refractivity contribution in [3.05, 3.63) is 32.8 Å². The Balaban J connectivity index is 2.11. The number of hydrogen-bond donors (Lipinski definition) is 2. The summed E-state index contributed by atoms with van der Waals surface area (Å²) in [5.74, 6) is 1.52. The first kappa shape index (κ1) is 14.3. The molecule has 8 heteroatoms. The molecule has 1 heterocycles. The van der Waals surface area contributed by atoms with Crippen LogP contribution in [0, 0.1) is 10.1 Å². The van der Waals surface area contributed by atoms with Crippen LogP contribution in [-0.2, 0) is 4.79 Å².